The van der Waals surface area contributed by atoms with Crippen LogP contribution in [0.5, 0.6) is 0 Å². The molecule has 1 saturated heterocycles. The van der Waals surface area contributed by atoms with E-state index in [4.69, 9.17) is 5.73 Å². The summed E-state index contributed by atoms with van der Waals surface area (Å²) in [7, 11) is 0. The molecule has 2 aliphatic carbocycles. The van der Waals surface area contributed by atoms with E-state index in [1.165, 1.54) is 0 Å². The van der Waals surface area contributed by atoms with Crippen LogP contribution in [0.15, 0.2) is 0 Å². The van der Waals surface area contributed by atoms with E-state index in [0.717, 1.165) is 38.5 Å². The van der Waals surface area contributed by atoms with Crippen molar-refractivity contribution in [3.8, 4) is 0 Å². The van der Waals surface area contributed by atoms with Crippen LogP contribution in [0.25, 0.3) is 0 Å². The van der Waals surface area contributed by atoms with E-state index in [0.29, 0.717) is 12.5 Å². The van der Waals surface area contributed by atoms with E-state index in [2.05, 4.69) is 0 Å². The Hall–Kier alpha value is -0.900. The molecule has 0 aromatic rings. The summed E-state index contributed by atoms with van der Waals surface area (Å²) in [5, 5.41) is 0. The highest BCUT2D eigenvalue weighted by Gasteiger charge is 2.49. The summed E-state index contributed by atoms with van der Waals surface area (Å²) in [5.41, 5.74) is 5.76. The monoisotopic (exact) mass is 236 g/mol. The summed E-state index contributed by atoms with van der Waals surface area (Å²) in [6.07, 6.45) is 5.73. The third-order valence-corrected chi connectivity index (χ3v) is 4.86. The first kappa shape index (κ1) is 11.2. The van der Waals surface area contributed by atoms with Gasteiger partial charge in [-0.3, -0.25) is 14.5 Å². The van der Waals surface area contributed by atoms with Crippen LogP contribution in [0.2, 0.25) is 0 Å². The first-order valence-electron chi connectivity index (χ1n) is 6.79. The topological polar surface area (TPSA) is 63.4 Å². The lowest BCUT2D eigenvalue weighted by Crippen LogP contribution is -2.53. The van der Waals surface area contributed by atoms with E-state index in [1.54, 1.807) is 4.90 Å². The van der Waals surface area contributed by atoms with E-state index in [-0.39, 0.29) is 29.7 Å². The number of hydrogen-bond donors (Lipinski definition) is 1. The number of amides is 2. The Labute approximate surface area is 102 Å². The smallest absolute Gasteiger partial charge is 0.232 e. The molecule has 4 atom stereocenters. The molecule has 3 rings (SSSR count). The lowest BCUT2D eigenvalue weighted by molar-refractivity contribution is -0.156. The summed E-state index contributed by atoms with van der Waals surface area (Å²) < 4.78 is 0. The fourth-order valence-electron chi connectivity index (χ4n) is 3.89. The van der Waals surface area contributed by atoms with Gasteiger partial charge in [0.05, 0.1) is 0 Å². The van der Waals surface area contributed by atoms with E-state index < -0.39 is 0 Å². The van der Waals surface area contributed by atoms with E-state index >= 15 is 0 Å². The van der Waals surface area contributed by atoms with Gasteiger partial charge in [-0.1, -0.05) is 6.42 Å². The minimum atomic E-state index is 0.0918. The summed E-state index contributed by atoms with van der Waals surface area (Å²) in [4.78, 5) is 26.2. The molecule has 2 amide bonds. The molecule has 4 heteroatoms. The maximum Gasteiger partial charge on any atom is 0.232 e. The minimum Gasteiger partial charge on any atom is -0.330 e. The molecular weight excluding hydrogens is 216 g/mol. The van der Waals surface area contributed by atoms with Crippen molar-refractivity contribution in [2.24, 2.45) is 23.5 Å². The molecule has 1 aliphatic heterocycles. The quantitative estimate of drug-likeness (QED) is 0.724. The molecule has 2 N–H and O–H groups in total. The number of carbonyl (C=O) groups is 2. The Morgan fingerprint density at radius 1 is 1.06 bits per heavy atom. The minimum absolute atomic E-state index is 0.0918. The molecule has 2 saturated carbocycles. The Kier molecular flexibility index (Phi) is 2.69. The predicted octanol–water partition coefficient (Wildman–Crippen LogP) is 0.899. The third-order valence-electron chi connectivity index (χ3n) is 4.86. The van der Waals surface area contributed by atoms with Gasteiger partial charge in [-0.2, -0.15) is 0 Å². The van der Waals surface area contributed by atoms with Crippen LogP contribution in [0.1, 0.15) is 38.5 Å². The molecule has 2 bridgehead atoms. The Balaban J connectivity index is 1.86. The Morgan fingerprint density at radius 3 is 2.29 bits per heavy atom. The number of likely N-dealkylation sites (tertiary alicyclic amines) is 1. The molecular formula is C13H20N2O2. The second-order valence-corrected chi connectivity index (χ2v) is 5.75. The van der Waals surface area contributed by atoms with Gasteiger partial charge in [0, 0.05) is 17.9 Å². The molecule has 0 aromatic heterocycles. The van der Waals surface area contributed by atoms with Crippen LogP contribution in [-0.2, 0) is 9.59 Å². The molecule has 4 unspecified atom stereocenters. The molecule has 94 valence electrons. The number of rotatable bonds is 2. The average molecular weight is 236 g/mol. The van der Waals surface area contributed by atoms with Gasteiger partial charge >= 0.3 is 0 Å². The molecule has 3 aliphatic rings. The SMILES string of the molecule is NCC1CCCC1N1C(=O)C2CCC(C2)C1=O. The molecule has 1 heterocycles. The number of hydrogen-bond acceptors (Lipinski definition) is 3. The number of nitrogens with two attached hydrogens (primary N) is 1. The molecule has 17 heavy (non-hydrogen) atoms. The zero-order chi connectivity index (χ0) is 12.0. The predicted molar refractivity (Wildman–Crippen MR) is 62.9 cm³/mol. The first-order chi connectivity index (χ1) is 8.22. The van der Waals surface area contributed by atoms with Crippen molar-refractivity contribution in [1.82, 2.24) is 4.90 Å². The number of carbonyl (C=O) groups excluding carboxylic acids is 2. The fourth-order valence-corrected chi connectivity index (χ4v) is 3.89. The van der Waals surface area contributed by atoms with Crippen LogP contribution in [0, 0.1) is 17.8 Å². The van der Waals surface area contributed by atoms with E-state index in [1.807, 2.05) is 0 Å². The summed E-state index contributed by atoms with van der Waals surface area (Å²) in [5.74, 6) is 0.761. The van der Waals surface area contributed by atoms with Gasteiger partial charge in [0.1, 0.15) is 0 Å². The van der Waals surface area contributed by atoms with Gasteiger partial charge in [0.15, 0.2) is 0 Å². The van der Waals surface area contributed by atoms with Crippen molar-refractivity contribution < 1.29 is 9.59 Å². The maximum atomic E-state index is 12.3. The fraction of sp³-hybridized carbons (Fsp3) is 0.846. The normalized spacial score (nSPS) is 41.4. The Morgan fingerprint density at radius 2 is 1.71 bits per heavy atom. The van der Waals surface area contributed by atoms with Crippen molar-refractivity contribution in [1.29, 1.82) is 0 Å². The molecule has 0 spiro atoms. The van der Waals surface area contributed by atoms with Crippen molar-refractivity contribution in [3.05, 3.63) is 0 Å². The zero-order valence-electron chi connectivity index (χ0n) is 10.1. The van der Waals surface area contributed by atoms with Crippen LogP contribution in [0.3, 0.4) is 0 Å². The lowest BCUT2D eigenvalue weighted by Gasteiger charge is -2.36. The molecule has 4 nitrogen and oxygen atoms in total. The zero-order valence-corrected chi connectivity index (χ0v) is 10.1. The second-order valence-electron chi connectivity index (χ2n) is 5.75. The van der Waals surface area contributed by atoms with Crippen LogP contribution >= 0.6 is 0 Å². The van der Waals surface area contributed by atoms with Crippen LogP contribution in [-0.4, -0.2) is 29.3 Å². The second kappa shape index (κ2) is 4.09. The van der Waals surface area contributed by atoms with Crippen molar-refractivity contribution in [2.75, 3.05) is 6.54 Å². The van der Waals surface area contributed by atoms with Crippen LogP contribution < -0.4 is 5.73 Å². The van der Waals surface area contributed by atoms with Crippen molar-refractivity contribution in [2.45, 2.75) is 44.6 Å². The Bertz CT molecular complexity index is 333. The number of fused-ring (bicyclic) bond motifs is 2. The number of imide groups is 1. The van der Waals surface area contributed by atoms with Gasteiger partial charge in [0.2, 0.25) is 11.8 Å². The first-order valence-corrected chi connectivity index (χ1v) is 6.79. The van der Waals surface area contributed by atoms with E-state index in [9.17, 15) is 9.59 Å². The molecule has 3 fully saturated rings. The van der Waals surface area contributed by atoms with Gasteiger partial charge in [-0.25, -0.2) is 0 Å². The van der Waals surface area contributed by atoms with Gasteiger partial charge in [0.25, 0.3) is 0 Å². The highest BCUT2D eigenvalue weighted by molar-refractivity contribution is 6.01. The summed E-state index contributed by atoms with van der Waals surface area (Å²) >= 11 is 0. The standard InChI is InChI=1S/C13H20N2O2/c14-7-10-2-1-3-11(10)15-12(16)8-4-5-9(6-8)13(15)17/h8-11H,1-7,14H2. The maximum absolute atomic E-state index is 12.3. The number of nitrogens with zero attached hydrogens (tertiary/aromatic N) is 1. The van der Waals surface area contributed by atoms with Crippen molar-refractivity contribution >= 4 is 11.8 Å². The van der Waals surface area contributed by atoms with Gasteiger partial charge in [-0.15, -0.1) is 0 Å². The molecule has 0 radical (unpaired) electrons. The van der Waals surface area contributed by atoms with Crippen LogP contribution in [0.4, 0.5) is 0 Å². The average Bonchev–Trinajstić information content (AvgIpc) is 2.95. The summed E-state index contributed by atoms with van der Waals surface area (Å²) in [6.45, 7) is 0.594. The summed E-state index contributed by atoms with van der Waals surface area (Å²) in [6, 6.07) is 0.100. The third kappa shape index (κ3) is 1.61. The lowest BCUT2D eigenvalue weighted by atomic mass is 9.92. The molecule has 0 aromatic carbocycles. The van der Waals surface area contributed by atoms with Crippen molar-refractivity contribution in [3.63, 3.8) is 0 Å². The number of piperidine rings is 1. The largest absolute Gasteiger partial charge is 0.330 e. The van der Waals surface area contributed by atoms with Gasteiger partial charge in [-0.05, 0) is 44.6 Å². The highest BCUT2D eigenvalue weighted by Crippen LogP contribution is 2.42. The highest BCUT2D eigenvalue weighted by atomic mass is 16.2. The van der Waals surface area contributed by atoms with Gasteiger partial charge < -0.3 is 5.73 Å².